The first-order chi connectivity index (χ1) is 14.8. The van der Waals surface area contributed by atoms with Gasteiger partial charge < -0.3 is 20.0 Å². The van der Waals surface area contributed by atoms with Crippen LogP contribution in [0.3, 0.4) is 0 Å². The van der Waals surface area contributed by atoms with E-state index in [-0.39, 0.29) is 11.7 Å². The van der Waals surface area contributed by atoms with Crippen LogP contribution in [0.2, 0.25) is 0 Å². The number of nitrogens with zero attached hydrogens (tertiary/aromatic N) is 2. The van der Waals surface area contributed by atoms with Crippen LogP contribution in [0, 0.1) is 12.8 Å². The number of phenolic OH excluding ortho intramolecular Hbond substituents is 2. The molecular formula is C26H36N2O3. The van der Waals surface area contributed by atoms with Crippen LogP contribution < -0.4 is 0 Å². The van der Waals surface area contributed by atoms with Gasteiger partial charge in [-0.2, -0.15) is 0 Å². The van der Waals surface area contributed by atoms with E-state index in [9.17, 15) is 15.0 Å². The predicted molar refractivity (Wildman–Crippen MR) is 124 cm³/mol. The fourth-order valence-corrected chi connectivity index (χ4v) is 4.70. The zero-order valence-electron chi connectivity index (χ0n) is 19.1. The SMILES string of the molecule is Cc1c(O)cccc1[C@@H]1CCN(CCCN(C)C(=O)CCc2ccc(O)cc2)C[C@@H]1C. The molecule has 2 atom stereocenters. The van der Waals surface area contributed by atoms with Gasteiger partial charge in [0.05, 0.1) is 0 Å². The molecule has 0 aliphatic carbocycles. The van der Waals surface area contributed by atoms with E-state index >= 15 is 0 Å². The number of aryl methyl sites for hydroxylation is 1. The van der Waals surface area contributed by atoms with Crippen molar-refractivity contribution in [1.82, 2.24) is 9.80 Å². The Balaban J connectivity index is 1.39. The highest BCUT2D eigenvalue weighted by Crippen LogP contribution is 2.36. The van der Waals surface area contributed by atoms with Crippen LogP contribution in [0.15, 0.2) is 42.5 Å². The highest BCUT2D eigenvalue weighted by molar-refractivity contribution is 5.76. The summed E-state index contributed by atoms with van der Waals surface area (Å²) in [5, 5.41) is 19.4. The molecule has 0 aromatic heterocycles. The first kappa shape index (κ1) is 23.1. The Kier molecular flexibility index (Phi) is 7.97. The molecule has 2 aromatic carbocycles. The molecule has 1 heterocycles. The molecule has 5 nitrogen and oxygen atoms in total. The van der Waals surface area contributed by atoms with Crippen molar-refractivity contribution >= 4 is 5.91 Å². The maximum atomic E-state index is 12.4. The summed E-state index contributed by atoms with van der Waals surface area (Å²) in [4.78, 5) is 16.8. The van der Waals surface area contributed by atoms with Crippen molar-refractivity contribution < 1.29 is 15.0 Å². The third-order valence-electron chi connectivity index (χ3n) is 6.69. The zero-order chi connectivity index (χ0) is 22.4. The molecule has 0 radical (unpaired) electrons. The van der Waals surface area contributed by atoms with Gasteiger partial charge in [-0.1, -0.05) is 31.2 Å². The molecule has 0 saturated carbocycles. The lowest BCUT2D eigenvalue weighted by molar-refractivity contribution is -0.129. The molecule has 1 amide bonds. The Morgan fingerprint density at radius 3 is 2.61 bits per heavy atom. The number of benzene rings is 2. The molecule has 2 N–H and O–H groups in total. The fraction of sp³-hybridized carbons (Fsp3) is 0.500. The second-order valence-corrected chi connectivity index (χ2v) is 9.00. The molecule has 0 bridgehead atoms. The van der Waals surface area contributed by atoms with Crippen LogP contribution in [-0.4, -0.2) is 59.1 Å². The maximum absolute atomic E-state index is 12.4. The number of hydrogen-bond donors (Lipinski definition) is 2. The first-order valence-electron chi connectivity index (χ1n) is 11.4. The second-order valence-electron chi connectivity index (χ2n) is 9.00. The van der Waals surface area contributed by atoms with Crippen LogP contribution >= 0.6 is 0 Å². The molecule has 31 heavy (non-hydrogen) atoms. The maximum Gasteiger partial charge on any atom is 0.222 e. The van der Waals surface area contributed by atoms with Crippen molar-refractivity contribution in [2.45, 2.75) is 45.4 Å². The van der Waals surface area contributed by atoms with Crippen molar-refractivity contribution in [3.8, 4) is 11.5 Å². The van der Waals surface area contributed by atoms with Gasteiger partial charge in [-0.25, -0.2) is 0 Å². The van der Waals surface area contributed by atoms with E-state index in [1.165, 1.54) is 5.56 Å². The van der Waals surface area contributed by atoms with Gasteiger partial charge in [0, 0.05) is 26.6 Å². The molecule has 1 saturated heterocycles. The summed E-state index contributed by atoms with van der Waals surface area (Å²) in [6, 6.07) is 12.9. The summed E-state index contributed by atoms with van der Waals surface area (Å²) in [7, 11) is 1.89. The fourth-order valence-electron chi connectivity index (χ4n) is 4.70. The Labute approximate surface area is 186 Å². The summed E-state index contributed by atoms with van der Waals surface area (Å²) < 4.78 is 0. The third kappa shape index (κ3) is 6.23. The minimum Gasteiger partial charge on any atom is -0.508 e. The van der Waals surface area contributed by atoms with Gasteiger partial charge in [-0.3, -0.25) is 4.79 Å². The number of carbonyl (C=O) groups is 1. The van der Waals surface area contributed by atoms with Gasteiger partial charge >= 0.3 is 0 Å². The Bertz CT molecular complexity index is 865. The number of phenols is 2. The van der Waals surface area contributed by atoms with Crippen molar-refractivity contribution in [2.24, 2.45) is 5.92 Å². The number of likely N-dealkylation sites (tertiary alicyclic amines) is 1. The number of hydrogen-bond acceptors (Lipinski definition) is 4. The van der Waals surface area contributed by atoms with Gasteiger partial charge in [0.25, 0.3) is 0 Å². The number of amides is 1. The highest BCUT2D eigenvalue weighted by atomic mass is 16.3. The summed E-state index contributed by atoms with van der Waals surface area (Å²) >= 11 is 0. The quantitative estimate of drug-likeness (QED) is 0.663. The number of carbonyl (C=O) groups excluding carboxylic acids is 1. The van der Waals surface area contributed by atoms with E-state index in [0.29, 0.717) is 30.4 Å². The summed E-state index contributed by atoms with van der Waals surface area (Å²) in [5.41, 5.74) is 3.37. The number of rotatable bonds is 8. The van der Waals surface area contributed by atoms with Crippen molar-refractivity contribution in [2.75, 3.05) is 33.2 Å². The average molecular weight is 425 g/mol. The Morgan fingerprint density at radius 2 is 1.90 bits per heavy atom. The first-order valence-corrected chi connectivity index (χ1v) is 11.4. The second kappa shape index (κ2) is 10.7. The molecule has 0 spiro atoms. The normalized spacial score (nSPS) is 19.3. The van der Waals surface area contributed by atoms with Crippen molar-refractivity contribution in [3.63, 3.8) is 0 Å². The van der Waals surface area contributed by atoms with Gasteiger partial charge in [0.2, 0.25) is 5.91 Å². The lowest BCUT2D eigenvalue weighted by atomic mass is 9.79. The van der Waals surface area contributed by atoms with Gasteiger partial charge in [0.15, 0.2) is 0 Å². The van der Waals surface area contributed by atoms with E-state index in [0.717, 1.165) is 50.1 Å². The van der Waals surface area contributed by atoms with E-state index in [1.807, 2.05) is 37.1 Å². The molecular weight excluding hydrogens is 388 g/mol. The molecule has 168 valence electrons. The summed E-state index contributed by atoms with van der Waals surface area (Å²) in [6.45, 7) is 8.21. The van der Waals surface area contributed by atoms with Crippen LogP contribution in [0.1, 0.15) is 48.8 Å². The predicted octanol–water partition coefficient (Wildman–Crippen LogP) is 4.31. The highest BCUT2D eigenvalue weighted by Gasteiger charge is 2.28. The number of aromatic hydroxyl groups is 2. The van der Waals surface area contributed by atoms with Crippen molar-refractivity contribution in [1.29, 1.82) is 0 Å². The molecule has 3 rings (SSSR count). The summed E-state index contributed by atoms with van der Waals surface area (Å²) in [6.07, 6.45) is 3.27. The molecule has 2 aromatic rings. The number of piperidine rings is 1. The van der Waals surface area contributed by atoms with E-state index in [1.54, 1.807) is 18.2 Å². The van der Waals surface area contributed by atoms with E-state index in [4.69, 9.17) is 0 Å². The molecule has 1 aliphatic heterocycles. The van der Waals surface area contributed by atoms with Gasteiger partial charge in [0.1, 0.15) is 11.5 Å². The average Bonchev–Trinajstić information content (AvgIpc) is 2.75. The Hall–Kier alpha value is -2.53. The minimum absolute atomic E-state index is 0.166. The summed E-state index contributed by atoms with van der Waals surface area (Å²) in [5.74, 6) is 1.85. The van der Waals surface area contributed by atoms with Crippen LogP contribution in [0.5, 0.6) is 11.5 Å². The third-order valence-corrected chi connectivity index (χ3v) is 6.69. The molecule has 0 unspecified atom stereocenters. The standard InChI is InChI=1S/C26H36N2O3/c1-19-18-28(17-14-23(19)24-6-4-7-25(30)20(24)2)16-5-15-27(3)26(31)13-10-21-8-11-22(29)12-9-21/h4,6-9,11-12,19,23,29-30H,5,10,13-18H2,1-3H3/t19-,23+/m0/s1. The lowest BCUT2D eigenvalue weighted by Crippen LogP contribution is -2.40. The monoisotopic (exact) mass is 424 g/mol. The molecule has 1 fully saturated rings. The lowest BCUT2D eigenvalue weighted by Gasteiger charge is -2.38. The minimum atomic E-state index is 0.166. The largest absolute Gasteiger partial charge is 0.508 e. The topological polar surface area (TPSA) is 64.0 Å². The van der Waals surface area contributed by atoms with Crippen LogP contribution in [-0.2, 0) is 11.2 Å². The van der Waals surface area contributed by atoms with E-state index in [2.05, 4.69) is 17.9 Å². The van der Waals surface area contributed by atoms with Crippen LogP contribution in [0.25, 0.3) is 0 Å². The smallest absolute Gasteiger partial charge is 0.222 e. The zero-order valence-corrected chi connectivity index (χ0v) is 19.1. The molecule has 5 heteroatoms. The Morgan fingerprint density at radius 1 is 1.16 bits per heavy atom. The molecule has 1 aliphatic rings. The van der Waals surface area contributed by atoms with Crippen LogP contribution in [0.4, 0.5) is 0 Å². The van der Waals surface area contributed by atoms with Crippen molar-refractivity contribution in [3.05, 3.63) is 59.2 Å². The van der Waals surface area contributed by atoms with Gasteiger partial charge in [-0.05, 0) is 86.0 Å². The van der Waals surface area contributed by atoms with E-state index < -0.39 is 0 Å². The van der Waals surface area contributed by atoms with Gasteiger partial charge in [-0.15, -0.1) is 0 Å².